The molecule has 6 heteroatoms. The van der Waals surface area contributed by atoms with Crippen molar-refractivity contribution >= 4 is 27.5 Å². The van der Waals surface area contributed by atoms with Gasteiger partial charge < -0.3 is 19.3 Å². The van der Waals surface area contributed by atoms with E-state index in [1.54, 1.807) is 26.4 Å². The minimum Gasteiger partial charge on any atom is -0.495 e. The van der Waals surface area contributed by atoms with Gasteiger partial charge in [-0.25, -0.2) is 0 Å². The molecular weight excluding hydrogens is 323 g/mol. The number of aliphatic hydroxyl groups is 1. The molecule has 0 spiro atoms. The van der Waals surface area contributed by atoms with Gasteiger partial charge in [-0.3, -0.25) is 0 Å². The van der Waals surface area contributed by atoms with E-state index in [1.807, 2.05) is 0 Å². The molecule has 0 heterocycles. The molecule has 18 heavy (non-hydrogen) atoms. The number of hydrogen-bond donors (Lipinski definition) is 1. The van der Waals surface area contributed by atoms with E-state index in [2.05, 4.69) is 15.9 Å². The Morgan fingerprint density at radius 2 is 1.83 bits per heavy atom. The number of rotatable bonds is 7. The highest BCUT2D eigenvalue weighted by Gasteiger charge is 2.15. The standard InChI is InChI=1S/C12H16BrClO4/c1-16-10-5-8(6-11(17-2)12(10)13)9(15)7-18-4-3-14/h5-6,9,15H,3-4,7H2,1-2H3/t9-/m0/s1. The molecule has 0 unspecified atom stereocenters. The third-order valence-corrected chi connectivity index (χ3v) is 3.29. The molecule has 102 valence electrons. The molecule has 0 amide bonds. The quantitative estimate of drug-likeness (QED) is 0.613. The van der Waals surface area contributed by atoms with Crippen molar-refractivity contribution in [3.8, 4) is 11.5 Å². The SMILES string of the molecule is COc1cc([C@@H](O)COCCCl)cc(OC)c1Br. The molecule has 1 aromatic rings. The monoisotopic (exact) mass is 338 g/mol. The van der Waals surface area contributed by atoms with Crippen LogP contribution in [0.5, 0.6) is 11.5 Å². The molecule has 0 saturated carbocycles. The zero-order valence-electron chi connectivity index (χ0n) is 10.3. The first kappa shape index (κ1) is 15.6. The highest BCUT2D eigenvalue weighted by molar-refractivity contribution is 9.10. The highest BCUT2D eigenvalue weighted by atomic mass is 79.9. The minimum absolute atomic E-state index is 0.181. The van der Waals surface area contributed by atoms with Gasteiger partial charge in [-0.2, -0.15) is 0 Å². The van der Waals surface area contributed by atoms with Gasteiger partial charge in [-0.1, -0.05) is 0 Å². The number of aliphatic hydroxyl groups excluding tert-OH is 1. The number of alkyl halides is 1. The van der Waals surface area contributed by atoms with E-state index in [9.17, 15) is 5.11 Å². The number of hydrogen-bond acceptors (Lipinski definition) is 4. The summed E-state index contributed by atoms with van der Waals surface area (Å²) in [6.45, 7) is 0.587. The fourth-order valence-corrected chi connectivity index (χ4v) is 2.09. The lowest BCUT2D eigenvalue weighted by atomic mass is 10.1. The van der Waals surface area contributed by atoms with Crippen molar-refractivity contribution in [2.24, 2.45) is 0 Å². The van der Waals surface area contributed by atoms with Gasteiger partial charge in [0.25, 0.3) is 0 Å². The molecule has 0 fully saturated rings. The largest absolute Gasteiger partial charge is 0.495 e. The predicted molar refractivity (Wildman–Crippen MR) is 73.7 cm³/mol. The van der Waals surface area contributed by atoms with Crippen LogP contribution in [0.3, 0.4) is 0 Å². The number of methoxy groups -OCH3 is 2. The summed E-state index contributed by atoms with van der Waals surface area (Å²) in [5, 5.41) is 9.98. The van der Waals surface area contributed by atoms with Crippen molar-refractivity contribution in [1.82, 2.24) is 0 Å². The molecule has 1 N–H and O–H groups in total. The Balaban J connectivity index is 2.87. The van der Waals surface area contributed by atoms with Crippen LogP contribution in [0, 0.1) is 0 Å². The topological polar surface area (TPSA) is 47.9 Å². The molecule has 4 nitrogen and oxygen atoms in total. The lowest BCUT2D eigenvalue weighted by Crippen LogP contribution is -2.09. The summed E-state index contributed by atoms with van der Waals surface area (Å²) < 4.78 is 16.3. The van der Waals surface area contributed by atoms with Gasteiger partial charge in [0, 0.05) is 5.88 Å². The molecule has 0 bridgehead atoms. The van der Waals surface area contributed by atoms with Crippen LogP contribution in [0.15, 0.2) is 16.6 Å². The molecule has 0 aliphatic carbocycles. The Morgan fingerprint density at radius 3 is 2.28 bits per heavy atom. The first-order chi connectivity index (χ1) is 8.63. The Labute approximate surface area is 120 Å². The molecule has 1 aromatic carbocycles. The first-order valence-electron chi connectivity index (χ1n) is 5.37. The van der Waals surface area contributed by atoms with Gasteiger partial charge in [0.05, 0.1) is 27.4 Å². The summed E-state index contributed by atoms with van der Waals surface area (Å²) in [7, 11) is 3.11. The molecule has 0 aliphatic rings. The summed E-state index contributed by atoms with van der Waals surface area (Å²) in [5.41, 5.74) is 0.668. The Morgan fingerprint density at radius 1 is 1.28 bits per heavy atom. The summed E-state index contributed by atoms with van der Waals surface area (Å²) in [6, 6.07) is 3.47. The van der Waals surface area contributed by atoms with Crippen molar-refractivity contribution in [3.05, 3.63) is 22.2 Å². The van der Waals surface area contributed by atoms with Crippen LogP contribution in [0.1, 0.15) is 11.7 Å². The summed E-state index contributed by atoms with van der Waals surface area (Å²) in [5.74, 6) is 1.60. The maximum absolute atomic E-state index is 9.98. The van der Waals surface area contributed by atoms with Crippen molar-refractivity contribution in [2.75, 3.05) is 33.3 Å². The average Bonchev–Trinajstić information content (AvgIpc) is 2.39. The van der Waals surface area contributed by atoms with Gasteiger partial charge in [0.2, 0.25) is 0 Å². The molecule has 1 rings (SSSR count). The minimum atomic E-state index is -0.746. The van der Waals surface area contributed by atoms with Crippen LogP contribution in [-0.4, -0.2) is 38.4 Å². The van der Waals surface area contributed by atoms with Gasteiger partial charge in [0.15, 0.2) is 0 Å². The van der Waals surface area contributed by atoms with E-state index in [4.69, 9.17) is 25.8 Å². The maximum atomic E-state index is 9.98. The van der Waals surface area contributed by atoms with Gasteiger partial charge in [-0.15, -0.1) is 11.6 Å². The van der Waals surface area contributed by atoms with Crippen LogP contribution in [0.4, 0.5) is 0 Å². The second-order valence-corrected chi connectivity index (χ2v) is 4.69. The smallest absolute Gasteiger partial charge is 0.137 e. The summed E-state index contributed by atoms with van der Waals surface area (Å²) in [6.07, 6.45) is -0.746. The average molecular weight is 340 g/mol. The van der Waals surface area contributed by atoms with Gasteiger partial charge in [-0.05, 0) is 33.6 Å². The van der Waals surface area contributed by atoms with Crippen LogP contribution in [0.2, 0.25) is 0 Å². The van der Waals surface area contributed by atoms with Crippen LogP contribution >= 0.6 is 27.5 Å². The van der Waals surface area contributed by atoms with Gasteiger partial charge >= 0.3 is 0 Å². The second kappa shape index (κ2) is 7.84. The van der Waals surface area contributed by atoms with Crippen LogP contribution in [0.25, 0.3) is 0 Å². The Kier molecular flexibility index (Phi) is 6.78. The van der Waals surface area contributed by atoms with Crippen molar-refractivity contribution < 1.29 is 19.3 Å². The third-order valence-electron chi connectivity index (χ3n) is 2.35. The Hall–Kier alpha value is -0.490. The van der Waals surface area contributed by atoms with Crippen LogP contribution < -0.4 is 9.47 Å². The zero-order chi connectivity index (χ0) is 13.5. The highest BCUT2D eigenvalue weighted by Crippen LogP contribution is 2.37. The van der Waals surface area contributed by atoms with E-state index in [0.717, 1.165) is 0 Å². The summed E-state index contributed by atoms with van der Waals surface area (Å²) in [4.78, 5) is 0. The summed E-state index contributed by atoms with van der Waals surface area (Å²) >= 11 is 8.86. The van der Waals surface area contributed by atoms with E-state index >= 15 is 0 Å². The second-order valence-electron chi connectivity index (χ2n) is 3.52. The van der Waals surface area contributed by atoms with Crippen molar-refractivity contribution in [1.29, 1.82) is 0 Å². The van der Waals surface area contributed by atoms with Crippen molar-refractivity contribution in [2.45, 2.75) is 6.10 Å². The number of halogens is 2. The number of benzene rings is 1. The maximum Gasteiger partial charge on any atom is 0.137 e. The first-order valence-corrected chi connectivity index (χ1v) is 6.70. The van der Waals surface area contributed by atoms with E-state index in [1.165, 1.54) is 0 Å². The lowest BCUT2D eigenvalue weighted by Gasteiger charge is -2.15. The van der Waals surface area contributed by atoms with E-state index in [0.29, 0.717) is 34.0 Å². The van der Waals surface area contributed by atoms with E-state index < -0.39 is 6.10 Å². The molecular formula is C12H16BrClO4. The van der Waals surface area contributed by atoms with Crippen LogP contribution in [-0.2, 0) is 4.74 Å². The molecule has 0 aromatic heterocycles. The normalized spacial score (nSPS) is 12.3. The van der Waals surface area contributed by atoms with E-state index in [-0.39, 0.29) is 6.61 Å². The predicted octanol–water partition coefficient (Wildman–Crippen LogP) is 2.76. The molecule has 0 radical (unpaired) electrons. The lowest BCUT2D eigenvalue weighted by molar-refractivity contribution is 0.0426. The fraction of sp³-hybridized carbons (Fsp3) is 0.500. The molecule has 0 aliphatic heterocycles. The fourth-order valence-electron chi connectivity index (χ4n) is 1.43. The zero-order valence-corrected chi connectivity index (χ0v) is 12.6. The molecule has 0 saturated heterocycles. The Bertz CT molecular complexity index is 361. The van der Waals surface area contributed by atoms with Crippen molar-refractivity contribution in [3.63, 3.8) is 0 Å². The third kappa shape index (κ3) is 4.02. The van der Waals surface area contributed by atoms with Gasteiger partial charge in [0.1, 0.15) is 22.1 Å². The number of ether oxygens (including phenoxy) is 3. The molecule has 1 atom stereocenters.